The van der Waals surface area contributed by atoms with Gasteiger partial charge in [-0.05, 0) is 6.92 Å². The summed E-state index contributed by atoms with van der Waals surface area (Å²) in [4.78, 5) is 14.2. The van der Waals surface area contributed by atoms with Crippen LogP contribution in [0.25, 0.3) is 0 Å². The highest BCUT2D eigenvalue weighted by Crippen LogP contribution is 2.02. The van der Waals surface area contributed by atoms with Crippen LogP contribution in [-0.4, -0.2) is 32.0 Å². The van der Waals surface area contributed by atoms with Crippen LogP contribution in [-0.2, 0) is 11.2 Å². The van der Waals surface area contributed by atoms with Gasteiger partial charge in [-0.3, -0.25) is 4.79 Å². The van der Waals surface area contributed by atoms with E-state index in [0.29, 0.717) is 5.69 Å². The molecule has 1 aromatic heterocycles. The summed E-state index contributed by atoms with van der Waals surface area (Å²) >= 11 is 0. The Bertz CT molecular complexity index is 321. The number of rotatable bonds is 3. The summed E-state index contributed by atoms with van der Waals surface area (Å²) in [5.41, 5.74) is 5.81. The van der Waals surface area contributed by atoms with Crippen LogP contribution in [0.2, 0.25) is 0 Å². The predicted molar refractivity (Wildman–Crippen MR) is 43.5 cm³/mol. The van der Waals surface area contributed by atoms with E-state index in [-0.39, 0.29) is 12.2 Å². The van der Waals surface area contributed by atoms with E-state index in [1.54, 1.807) is 6.92 Å². The number of hydrogen-bond acceptors (Lipinski definition) is 4. The first-order valence-electron chi connectivity index (χ1n) is 3.73. The topological polar surface area (TPSA) is 101 Å². The summed E-state index contributed by atoms with van der Waals surface area (Å²) in [6.45, 7) is 1.66. The van der Waals surface area contributed by atoms with Gasteiger partial charge in [0.2, 0.25) is 0 Å². The molecule has 0 spiro atoms. The first-order valence-corrected chi connectivity index (χ1v) is 3.73. The van der Waals surface area contributed by atoms with Gasteiger partial charge in [0, 0.05) is 6.42 Å². The molecule has 0 fully saturated rings. The van der Waals surface area contributed by atoms with Crippen LogP contribution in [0, 0.1) is 6.92 Å². The molecule has 4 N–H and O–H groups in total. The minimum atomic E-state index is -1.11. The minimum Gasteiger partial charge on any atom is -0.480 e. The molecule has 6 nitrogen and oxygen atoms in total. The highest BCUT2D eigenvalue weighted by Gasteiger charge is 2.16. The zero-order valence-corrected chi connectivity index (χ0v) is 7.14. The van der Waals surface area contributed by atoms with Crippen molar-refractivity contribution in [2.24, 2.45) is 5.73 Å². The van der Waals surface area contributed by atoms with Gasteiger partial charge in [0.05, 0.1) is 11.9 Å². The smallest absolute Gasteiger partial charge is 0.320 e. The number of nitrogens with zero attached hydrogens (tertiary/aromatic N) is 2. The second kappa shape index (κ2) is 3.44. The van der Waals surface area contributed by atoms with Crippen molar-refractivity contribution >= 4 is 5.97 Å². The number of carboxylic acid groups (broad SMARTS) is 1. The molecule has 1 atom stereocenters. The van der Waals surface area contributed by atoms with Crippen LogP contribution in [0.15, 0.2) is 6.20 Å². The largest absolute Gasteiger partial charge is 0.480 e. The maximum absolute atomic E-state index is 10.4. The Morgan fingerprint density at radius 3 is 2.85 bits per heavy atom. The molecule has 1 aromatic rings. The molecule has 0 aromatic carbocycles. The van der Waals surface area contributed by atoms with Crippen LogP contribution in [0.3, 0.4) is 0 Å². The van der Waals surface area contributed by atoms with Gasteiger partial charge in [-0.1, -0.05) is 0 Å². The summed E-state index contributed by atoms with van der Waals surface area (Å²) in [7, 11) is 0. The first-order chi connectivity index (χ1) is 6.02. The second-order valence-corrected chi connectivity index (χ2v) is 2.78. The lowest BCUT2D eigenvalue weighted by molar-refractivity contribution is -0.138. The van der Waals surface area contributed by atoms with E-state index < -0.39 is 12.0 Å². The quantitative estimate of drug-likeness (QED) is 0.545. The molecule has 0 aliphatic rings. The van der Waals surface area contributed by atoms with Crippen LogP contribution >= 0.6 is 0 Å². The second-order valence-electron chi connectivity index (χ2n) is 2.78. The molecule has 0 saturated heterocycles. The van der Waals surface area contributed by atoms with Crippen molar-refractivity contribution in [3.8, 4) is 0 Å². The van der Waals surface area contributed by atoms with Gasteiger partial charge in [-0.25, -0.2) is 4.98 Å². The molecule has 0 bridgehead atoms. The first kappa shape index (κ1) is 9.53. The van der Waals surface area contributed by atoms with Crippen molar-refractivity contribution in [3.63, 3.8) is 0 Å². The molecule has 1 heterocycles. The molecule has 0 saturated carbocycles. The van der Waals surface area contributed by atoms with Crippen molar-refractivity contribution in [2.45, 2.75) is 19.4 Å². The average Bonchev–Trinajstić information content (AvgIpc) is 2.36. The molecule has 1 rings (SSSR count). The van der Waals surface area contributed by atoms with Gasteiger partial charge >= 0.3 is 5.97 Å². The average molecular weight is 185 g/mol. The molecule has 0 aliphatic heterocycles. The summed E-state index contributed by atoms with van der Waals surface area (Å²) in [6.07, 6.45) is 1.46. The Morgan fingerprint density at radius 1 is 1.85 bits per heavy atom. The third-order valence-electron chi connectivity index (χ3n) is 1.70. The third kappa shape index (κ3) is 1.97. The zero-order valence-electron chi connectivity index (χ0n) is 7.14. The third-order valence-corrected chi connectivity index (χ3v) is 1.70. The maximum Gasteiger partial charge on any atom is 0.320 e. The maximum atomic E-state index is 10.4. The van der Waals surface area contributed by atoms with Crippen LogP contribution in [0.1, 0.15) is 11.5 Å². The zero-order chi connectivity index (χ0) is 10.0. The van der Waals surface area contributed by atoms with Crippen molar-refractivity contribution in [1.29, 1.82) is 0 Å². The van der Waals surface area contributed by atoms with Crippen LogP contribution in [0.5, 0.6) is 0 Å². The van der Waals surface area contributed by atoms with Gasteiger partial charge in [0.1, 0.15) is 11.9 Å². The summed E-state index contributed by atoms with van der Waals surface area (Å²) < 4.78 is 0.836. The number of nitrogens with two attached hydrogens (primary N) is 1. The number of carbonyl (C=O) groups is 1. The van der Waals surface area contributed by atoms with E-state index in [1.807, 2.05) is 0 Å². The fourth-order valence-corrected chi connectivity index (χ4v) is 0.904. The van der Waals surface area contributed by atoms with Crippen molar-refractivity contribution < 1.29 is 15.1 Å². The van der Waals surface area contributed by atoms with Crippen molar-refractivity contribution in [3.05, 3.63) is 17.7 Å². The fourth-order valence-electron chi connectivity index (χ4n) is 0.904. The van der Waals surface area contributed by atoms with E-state index >= 15 is 0 Å². The van der Waals surface area contributed by atoms with Crippen molar-refractivity contribution in [2.75, 3.05) is 0 Å². The predicted octanol–water partition coefficient (Wildman–Crippen LogP) is -0.617. The number of aliphatic carboxylic acids is 1. The Labute approximate surface area is 74.6 Å². The molecule has 0 radical (unpaired) electrons. The number of hydrogen-bond donors (Lipinski definition) is 3. The molecular formula is C7H11N3O3. The molecule has 0 amide bonds. The van der Waals surface area contributed by atoms with E-state index in [4.69, 9.17) is 10.8 Å². The molecule has 6 heteroatoms. The van der Waals surface area contributed by atoms with E-state index in [9.17, 15) is 10.0 Å². The van der Waals surface area contributed by atoms with Crippen molar-refractivity contribution in [1.82, 2.24) is 9.71 Å². The molecule has 13 heavy (non-hydrogen) atoms. The lowest BCUT2D eigenvalue weighted by atomic mass is 10.2. The number of aryl methyl sites for hydroxylation is 1. The van der Waals surface area contributed by atoms with Crippen LogP contribution in [0.4, 0.5) is 0 Å². The van der Waals surface area contributed by atoms with Gasteiger partial charge in [-0.15, -0.1) is 0 Å². The normalized spacial score (nSPS) is 12.8. The standard InChI is InChI=1S/C7H11N3O3/c1-4-3-9-6(10(4)13)2-5(8)7(11)12/h3,5,13H,2,8H2,1H3,(H,11,12). The Hall–Kier alpha value is -1.56. The van der Waals surface area contributed by atoms with Gasteiger partial charge in [-0.2, -0.15) is 4.73 Å². The van der Waals surface area contributed by atoms with E-state index in [1.165, 1.54) is 6.20 Å². The minimum absolute atomic E-state index is 0.0136. The van der Waals surface area contributed by atoms with Gasteiger partial charge in [0.25, 0.3) is 0 Å². The number of imidazole rings is 1. The summed E-state index contributed by atoms with van der Waals surface area (Å²) in [5.74, 6) is -0.854. The molecule has 72 valence electrons. The molecular weight excluding hydrogens is 174 g/mol. The molecule has 0 aliphatic carbocycles. The number of carboxylic acids is 1. The SMILES string of the molecule is Cc1cnc(CC(N)C(=O)O)n1O. The number of aromatic nitrogens is 2. The Balaban J connectivity index is 2.74. The molecule has 1 unspecified atom stereocenters. The highest BCUT2D eigenvalue weighted by molar-refractivity contribution is 5.73. The Morgan fingerprint density at radius 2 is 2.46 bits per heavy atom. The monoisotopic (exact) mass is 185 g/mol. The summed E-state index contributed by atoms with van der Waals surface area (Å²) in [6, 6.07) is -1.03. The Kier molecular flexibility index (Phi) is 2.52. The lowest BCUT2D eigenvalue weighted by Gasteiger charge is -2.05. The highest BCUT2D eigenvalue weighted by atomic mass is 16.5. The van der Waals surface area contributed by atoms with Gasteiger partial charge < -0.3 is 16.0 Å². The summed E-state index contributed by atoms with van der Waals surface area (Å²) in [5, 5.41) is 17.8. The van der Waals surface area contributed by atoms with E-state index in [0.717, 1.165) is 4.73 Å². The lowest BCUT2D eigenvalue weighted by Crippen LogP contribution is -2.33. The van der Waals surface area contributed by atoms with Crippen LogP contribution < -0.4 is 5.73 Å². The van der Waals surface area contributed by atoms with Gasteiger partial charge in [0.15, 0.2) is 0 Å². The fraction of sp³-hybridized carbons (Fsp3) is 0.429. The van der Waals surface area contributed by atoms with E-state index in [2.05, 4.69) is 4.98 Å².